The van der Waals surface area contributed by atoms with Gasteiger partial charge in [-0.3, -0.25) is 19.2 Å². The first-order valence-corrected chi connectivity index (χ1v) is 12.8. The van der Waals surface area contributed by atoms with E-state index in [4.69, 9.17) is 11.5 Å². The van der Waals surface area contributed by atoms with Gasteiger partial charge in [0.05, 0.1) is 6.04 Å². The van der Waals surface area contributed by atoms with Crippen molar-refractivity contribution in [1.29, 1.82) is 0 Å². The van der Waals surface area contributed by atoms with Gasteiger partial charge in [-0.25, -0.2) is 4.79 Å². The molecule has 0 aromatic rings. The van der Waals surface area contributed by atoms with Gasteiger partial charge < -0.3 is 32.5 Å². The zero-order chi connectivity index (χ0) is 26.4. The zero-order valence-electron chi connectivity index (χ0n) is 20.8. The summed E-state index contributed by atoms with van der Waals surface area (Å²) in [4.78, 5) is 60.8. The third-order valence-electron chi connectivity index (χ3n) is 4.94. The highest BCUT2D eigenvalue weighted by molar-refractivity contribution is 7.98. The summed E-state index contributed by atoms with van der Waals surface area (Å²) in [6, 6.07) is -4.01. The second kappa shape index (κ2) is 16.3. The van der Waals surface area contributed by atoms with E-state index in [-0.39, 0.29) is 37.5 Å². The van der Waals surface area contributed by atoms with E-state index in [0.29, 0.717) is 12.2 Å². The normalized spacial score (nSPS) is 14.7. The van der Waals surface area contributed by atoms with Crippen LogP contribution in [0.1, 0.15) is 59.8 Å². The number of thioether (sulfide) groups is 1. The van der Waals surface area contributed by atoms with Gasteiger partial charge in [-0.1, -0.05) is 27.7 Å². The summed E-state index contributed by atoms with van der Waals surface area (Å²) >= 11 is 1.48. The summed E-state index contributed by atoms with van der Waals surface area (Å²) in [5.41, 5.74) is 10.9. The number of aliphatic carboxylic acids is 1. The number of primary amides is 1. The van der Waals surface area contributed by atoms with Crippen molar-refractivity contribution < 1.29 is 29.1 Å². The quantitative estimate of drug-likeness (QED) is 0.159. The molecular weight excluding hydrogens is 462 g/mol. The third kappa shape index (κ3) is 13.4. The smallest absolute Gasteiger partial charge is 0.326 e. The van der Waals surface area contributed by atoms with Crippen molar-refractivity contribution in [1.82, 2.24) is 16.0 Å². The van der Waals surface area contributed by atoms with Crippen molar-refractivity contribution in [3.05, 3.63) is 0 Å². The van der Waals surface area contributed by atoms with E-state index in [2.05, 4.69) is 16.0 Å². The van der Waals surface area contributed by atoms with Gasteiger partial charge in [0.15, 0.2) is 0 Å². The maximum atomic E-state index is 13.0. The average molecular weight is 504 g/mol. The van der Waals surface area contributed by atoms with Crippen LogP contribution in [0.25, 0.3) is 0 Å². The molecule has 4 unspecified atom stereocenters. The van der Waals surface area contributed by atoms with Crippen LogP contribution < -0.4 is 27.4 Å². The first-order valence-electron chi connectivity index (χ1n) is 11.4. The first-order chi connectivity index (χ1) is 15.8. The summed E-state index contributed by atoms with van der Waals surface area (Å²) in [5, 5.41) is 17.2. The highest BCUT2D eigenvalue weighted by Crippen LogP contribution is 2.10. The molecule has 0 aliphatic rings. The van der Waals surface area contributed by atoms with Crippen LogP contribution in [0.3, 0.4) is 0 Å². The van der Waals surface area contributed by atoms with E-state index in [1.165, 1.54) is 11.8 Å². The molecule has 0 aromatic heterocycles. The van der Waals surface area contributed by atoms with Gasteiger partial charge >= 0.3 is 5.97 Å². The molecule has 4 amide bonds. The van der Waals surface area contributed by atoms with Crippen LogP contribution in [0.15, 0.2) is 0 Å². The summed E-state index contributed by atoms with van der Waals surface area (Å²) in [5.74, 6) is -2.85. The van der Waals surface area contributed by atoms with E-state index < -0.39 is 53.8 Å². The molecule has 12 heteroatoms. The Morgan fingerprint density at radius 1 is 0.794 bits per heavy atom. The highest BCUT2D eigenvalue weighted by atomic mass is 32.2. The number of rotatable bonds is 17. The second-order valence-corrected chi connectivity index (χ2v) is 10.2. The Morgan fingerprint density at radius 3 is 1.74 bits per heavy atom. The van der Waals surface area contributed by atoms with Gasteiger partial charge in [0.1, 0.15) is 18.1 Å². The van der Waals surface area contributed by atoms with Gasteiger partial charge in [0, 0.05) is 6.42 Å². The number of carbonyl (C=O) groups is 5. The lowest BCUT2D eigenvalue weighted by molar-refractivity contribution is -0.142. The van der Waals surface area contributed by atoms with Crippen molar-refractivity contribution in [3.8, 4) is 0 Å². The Bertz CT molecular complexity index is 703. The van der Waals surface area contributed by atoms with Crippen molar-refractivity contribution in [2.75, 3.05) is 12.0 Å². The lowest BCUT2D eigenvalue weighted by Crippen LogP contribution is -2.57. The predicted octanol–water partition coefficient (Wildman–Crippen LogP) is -0.0365. The van der Waals surface area contributed by atoms with Crippen LogP contribution in [-0.2, 0) is 24.0 Å². The molecule has 0 spiro atoms. The largest absolute Gasteiger partial charge is 0.480 e. The summed E-state index contributed by atoms with van der Waals surface area (Å²) < 4.78 is 0. The van der Waals surface area contributed by atoms with E-state index in [9.17, 15) is 29.1 Å². The molecular formula is C22H41N5O6S. The van der Waals surface area contributed by atoms with Crippen molar-refractivity contribution >= 4 is 41.4 Å². The standard InChI is InChI=1S/C22H41N5O6S/c1-12(2)10-16(26-19(29)14(23)6-7-18(24)28)21(31)25-15(8-9-34-5)20(30)27-17(22(32)33)11-13(3)4/h12-17H,6-11,23H2,1-5H3,(H2,24,28)(H,25,31)(H,26,29)(H,27,30)(H,32,33). The number of hydrogen-bond donors (Lipinski definition) is 6. The Morgan fingerprint density at radius 2 is 1.26 bits per heavy atom. The van der Waals surface area contributed by atoms with Crippen molar-refractivity contribution in [3.63, 3.8) is 0 Å². The molecule has 0 bridgehead atoms. The minimum absolute atomic E-state index is 0.0406. The van der Waals surface area contributed by atoms with E-state index in [0.717, 1.165) is 0 Å². The molecule has 0 aliphatic carbocycles. The third-order valence-corrected chi connectivity index (χ3v) is 5.59. The predicted molar refractivity (Wildman–Crippen MR) is 132 cm³/mol. The molecule has 0 aromatic carbocycles. The topological polar surface area (TPSA) is 194 Å². The van der Waals surface area contributed by atoms with Crippen LogP contribution in [-0.4, -0.2) is 70.9 Å². The monoisotopic (exact) mass is 503 g/mol. The molecule has 11 nitrogen and oxygen atoms in total. The summed E-state index contributed by atoms with van der Waals surface area (Å²) in [6.07, 6.45) is 2.66. The van der Waals surface area contributed by atoms with E-state index in [1.54, 1.807) is 0 Å². The fourth-order valence-corrected chi connectivity index (χ4v) is 3.62. The van der Waals surface area contributed by atoms with Gasteiger partial charge in [0.2, 0.25) is 23.6 Å². The molecule has 0 saturated heterocycles. The molecule has 0 heterocycles. The van der Waals surface area contributed by atoms with Gasteiger partial charge in [0.25, 0.3) is 0 Å². The molecule has 196 valence electrons. The maximum absolute atomic E-state index is 13.0. The van der Waals surface area contributed by atoms with Gasteiger partial charge in [-0.2, -0.15) is 11.8 Å². The lowest BCUT2D eigenvalue weighted by atomic mass is 10.0. The van der Waals surface area contributed by atoms with Crippen LogP contribution >= 0.6 is 11.8 Å². The van der Waals surface area contributed by atoms with E-state index in [1.807, 2.05) is 34.0 Å². The van der Waals surface area contributed by atoms with Crippen LogP contribution in [0.2, 0.25) is 0 Å². The molecule has 0 saturated carbocycles. The van der Waals surface area contributed by atoms with Gasteiger partial charge in [-0.05, 0) is 49.5 Å². The minimum atomic E-state index is -1.15. The molecule has 0 fully saturated rings. The molecule has 0 radical (unpaired) electrons. The van der Waals surface area contributed by atoms with E-state index >= 15 is 0 Å². The summed E-state index contributed by atoms with van der Waals surface area (Å²) in [6.45, 7) is 7.45. The Labute approximate surface area is 205 Å². The molecule has 0 rings (SSSR count). The second-order valence-electron chi connectivity index (χ2n) is 9.17. The van der Waals surface area contributed by atoms with Crippen molar-refractivity contribution in [2.24, 2.45) is 23.3 Å². The number of nitrogens with two attached hydrogens (primary N) is 2. The lowest BCUT2D eigenvalue weighted by Gasteiger charge is -2.26. The number of hydrogen-bond acceptors (Lipinski definition) is 7. The number of amides is 4. The fourth-order valence-electron chi connectivity index (χ4n) is 3.15. The Balaban J connectivity index is 5.44. The fraction of sp³-hybridized carbons (Fsp3) is 0.773. The Kier molecular flexibility index (Phi) is 15.2. The minimum Gasteiger partial charge on any atom is -0.480 e. The number of nitrogens with one attached hydrogen (secondary N) is 3. The molecule has 34 heavy (non-hydrogen) atoms. The van der Waals surface area contributed by atoms with Crippen molar-refractivity contribution in [2.45, 2.75) is 84.0 Å². The SMILES string of the molecule is CSCCC(NC(=O)C(CC(C)C)NC(=O)C(N)CCC(N)=O)C(=O)NC(CC(C)C)C(=O)O. The summed E-state index contributed by atoms with van der Waals surface area (Å²) in [7, 11) is 0. The Hall–Kier alpha value is -2.34. The van der Waals surface area contributed by atoms with Crippen LogP contribution in [0, 0.1) is 11.8 Å². The molecule has 4 atom stereocenters. The number of carboxylic acids is 1. The average Bonchev–Trinajstić information content (AvgIpc) is 2.72. The molecule has 8 N–H and O–H groups in total. The van der Waals surface area contributed by atoms with Crippen LogP contribution in [0.5, 0.6) is 0 Å². The zero-order valence-corrected chi connectivity index (χ0v) is 21.6. The van der Waals surface area contributed by atoms with Crippen LogP contribution in [0.4, 0.5) is 0 Å². The maximum Gasteiger partial charge on any atom is 0.326 e. The van der Waals surface area contributed by atoms with Gasteiger partial charge in [-0.15, -0.1) is 0 Å². The molecule has 0 aliphatic heterocycles. The first kappa shape index (κ1) is 31.7. The number of carboxylic acid groups (broad SMARTS) is 1. The number of carbonyl (C=O) groups excluding carboxylic acids is 4. The highest BCUT2D eigenvalue weighted by Gasteiger charge is 2.30.